The van der Waals surface area contributed by atoms with Crippen LogP contribution in [0.3, 0.4) is 0 Å². The van der Waals surface area contributed by atoms with Crippen molar-refractivity contribution in [3.05, 3.63) is 90.0 Å². The van der Waals surface area contributed by atoms with Crippen LogP contribution in [0.5, 0.6) is 0 Å². The van der Waals surface area contributed by atoms with Gasteiger partial charge in [0.05, 0.1) is 24.5 Å². The summed E-state index contributed by atoms with van der Waals surface area (Å²) in [6, 6.07) is 22.7. The summed E-state index contributed by atoms with van der Waals surface area (Å²) in [5.41, 5.74) is 3.18. The van der Waals surface area contributed by atoms with Crippen LogP contribution in [-0.2, 0) is 25.7 Å². The Balaban J connectivity index is 1.32. The number of Topliss-reactive ketones (excluding diaryl/α,β-unsaturated/α-hetero) is 1. The molecule has 0 aromatic heterocycles. The maximum atomic E-state index is 13.6. The molecule has 0 spiro atoms. The molecule has 2 heterocycles. The van der Waals surface area contributed by atoms with Crippen LogP contribution in [0.1, 0.15) is 22.8 Å². The molecule has 9 heteroatoms. The Kier molecular flexibility index (Phi) is 7.69. The van der Waals surface area contributed by atoms with Gasteiger partial charge in [0.15, 0.2) is 0 Å². The van der Waals surface area contributed by atoms with Gasteiger partial charge in [-0.25, -0.2) is 0 Å². The van der Waals surface area contributed by atoms with Gasteiger partial charge in [-0.2, -0.15) is 0 Å². The second kappa shape index (κ2) is 11.5. The minimum atomic E-state index is -0.847. The smallest absolute Gasteiger partial charge is 0.299 e. The molecule has 2 aliphatic heterocycles. The van der Waals surface area contributed by atoms with Crippen molar-refractivity contribution in [3.63, 3.8) is 0 Å². The van der Waals surface area contributed by atoms with Crippen molar-refractivity contribution in [1.29, 1.82) is 0 Å². The standard InChI is InChI=1S/C30H30N4O5/c1-21(29(37)31-23-11-13-24(14-12-23)32-15-17-39-18-16-32)33(19-22-7-3-2-4-8-22)27(35)20-34-26-10-6-5-9-25(26)28(36)30(34)38/h2-14,21H,15-20H2,1H3,(H,31,37). The molecule has 1 fully saturated rings. The van der Waals surface area contributed by atoms with E-state index in [4.69, 9.17) is 4.74 Å². The Morgan fingerprint density at radius 3 is 2.31 bits per heavy atom. The van der Waals surface area contributed by atoms with E-state index in [0.29, 0.717) is 24.6 Å². The molecule has 5 rings (SSSR count). The van der Waals surface area contributed by atoms with Gasteiger partial charge < -0.3 is 19.9 Å². The molecule has 200 valence electrons. The van der Waals surface area contributed by atoms with Crippen molar-refractivity contribution in [1.82, 2.24) is 4.90 Å². The summed E-state index contributed by atoms with van der Waals surface area (Å²) in [5.74, 6) is -2.19. The largest absolute Gasteiger partial charge is 0.378 e. The molecular formula is C30H30N4O5. The molecule has 0 aliphatic carbocycles. The van der Waals surface area contributed by atoms with Gasteiger partial charge in [-0.05, 0) is 48.9 Å². The summed E-state index contributed by atoms with van der Waals surface area (Å²) in [6.07, 6.45) is 0. The zero-order chi connectivity index (χ0) is 27.4. The number of ether oxygens (including phenoxy) is 1. The molecule has 0 radical (unpaired) electrons. The SMILES string of the molecule is CC(C(=O)Nc1ccc(N2CCOCC2)cc1)N(Cc1ccccc1)C(=O)CN1C(=O)C(=O)c2ccccc21. The number of amides is 3. The van der Waals surface area contributed by atoms with E-state index in [1.807, 2.05) is 54.6 Å². The highest BCUT2D eigenvalue weighted by Crippen LogP contribution is 2.28. The van der Waals surface area contributed by atoms with Gasteiger partial charge in [0.1, 0.15) is 12.6 Å². The average molecular weight is 527 g/mol. The number of nitrogens with one attached hydrogen (secondary N) is 1. The van der Waals surface area contributed by atoms with Gasteiger partial charge in [0.25, 0.3) is 11.7 Å². The monoisotopic (exact) mass is 526 g/mol. The third kappa shape index (κ3) is 5.68. The van der Waals surface area contributed by atoms with Gasteiger partial charge in [-0.3, -0.25) is 24.1 Å². The van der Waals surface area contributed by atoms with Crippen LogP contribution in [-0.4, -0.2) is 67.3 Å². The highest BCUT2D eigenvalue weighted by Gasteiger charge is 2.38. The minimum Gasteiger partial charge on any atom is -0.378 e. The molecule has 1 N–H and O–H groups in total. The highest BCUT2D eigenvalue weighted by atomic mass is 16.5. The first-order valence-corrected chi connectivity index (χ1v) is 12.9. The molecule has 1 saturated heterocycles. The first kappa shape index (κ1) is 26.1. The minimum absolute atomic E-state index is 0.169. The molecule has 39 heavy (non-hydrogen) atoms. The second-order valence-electron chi connectivity index (χ2n) is 9.56. The summed E-state index contributed by atoms with van der Waals surface area (Å²) < 4.78 is 5.41. The Morgan fingerprint density at radius 2 is 1.59 bits per heavy atom. The van der Waals surface area contributed by atoms with E-state index >= 15 is 0 Å². The lowest BCUT2D eigenvalue weighted by atomic mass is 10.1. The molecule has 3 aromatic rings. The van der Waals surface area contributed by atoms with Crippen LogP contribution >= 0.6 is 0 Å². The number of nitrogens with zero attached hydrogens (tertiary/aromatic N) is 3. The third-order valence-electron chi connectivity index (χ3n) is 7.05. The Bertz CT molecular complexity index is 1370. The van der Waals surface area contributed by atoms with Crippen molar-refractivity contribution in [2.75, 3.05) is 48.0 Å². The molecule has 1 atom stereocenters. The molecule has 1 unspecified atom stereocenters. The van der Waals surface area contributed by atoms with Gasteiger partial charge >= 0.3 is 0 Å². The average Bonchev–Trinajstić information content (AvgIpc) is 3.21. The maximum Gasteiger partial charge on any atom is 0.299 e. The van der Waals surface area contributed by atoms with Gasteiger partial charge in [-0.1, -0.05) is 42.5 Å². The molecule has 3 amide bonds. The van der Waals surface area contributed by atoms with Crippen molar-refractivity contribution >= 4 is 40.6 Å². The fraction of sp³-hybridized carbons (Fsp3) is 0.267. The Hall–Kier alpha value is -4.50. The molecule has 3 aromatic carbocycles. The Morgan fingerprint density at radius 1 is 0.923 bits per heavy atom. The maximum absolute atomic E-state index is 13.6. The first-order chi connectivity index (χ1) is 18.9. The second-order valence-corrected chi connectivity index (χ2v) is 9.56. The molecule has 9 nitrogen and oxygen atoms in total. The summed E-state index contributed by atoms with van der Waals surface area (Å²) in [6.45, 7) is 4.48. The lowest BCUT2D eigenvalue weighted by Gasteiger charge is -2.30. The van der Waals surface area contributed by atoms with E-state index in [9.17, 15) is 19.2 Å². The summed E-state index contributed by atoms with van der Waals surface area (Å²) in [7, 11) is 0. The number of benzene rings is 3. The van der Waals surface area contributed by atoms with E-state index in [-0.39, 0.29) is 24.6 Å². The van der Waals surface area contributed by atoms with Gasteiger partial charge in [0.2, 0.25) is 11.8 Å². The fourth-order valence-corrected chi connectivity index (χ4v) is 4.82. The van der Waals surface area contributed by atoms with Crippen molar-refractivity contribution < 1.29 is 23.9 Å². The van der Waals surface area contributed by atoms with Gasteiger partial charge in [0, 0.05) is 31.0 Å². The van der Waals surface area contributed by atoms with Crippen molar-refractivity contribution in [2.24, 2.45) is 0 Å². The fourth-order valence-electron chi connectivity index (χ4n) is 4.82. The Labute approximate surface area is 227 Å². The third-order valence-corrected chi connectivity index (χ3v) is 7.05. The molecule has 0 saturated carbocycles. The van der Waals surface area contributed by atoms with E-state index in [2.05, 4.69) is 10.2 Å². The number of rotatable bonds is 8. The number of hydrogen-bond donors (Lipinski definition) is 1. The summed E-state index contributed by atoms with van der Waals surface area (Å²) in [5, 5.41) is 2.91. The van der Waals surface area contributed by atoms with Crippen molar-refractivity contribution in [2.45, 2.75) is 19.5 Å². The zero-order valence-corrected chi connectivity index (χ0v) is 21.7. The van der Waals surface area contributed by atoms with E-state index in [1.165, 1.54) is 9.80 Å². The number of carbonyl (C=O) groups is 4. The first-order valence-electron chi connectivity index (χ1n) is 12.9. The zero-order valence-electron chi connectivity index (χ0n) is 21.7. The topological polar surface area (TPSA) is 99.3 Å². The number of carbonyl (C=O) groups excluding carboxylic acids is 4. The van der Waals surface area contributed by atoms with Gasteiger partial charge in [-0.15, -0.1) is 0 Å². The van der Waals surface area contributed by atoms with Crippen LogP contribution in [0.2, 0.25) is 0 Å². The molecule has 0 bridgehead atoms. The van der Waals surface area contributed by atoms with Crippen LogP contribution in [0, 0.1) is 0 Å². The van der Waals surface area contributed by atoms with Crippen molar-refractivity contribution in [3.8, 4) is 0 Å². The summed E-state index contributed by atoms with van der Waals surface area (Å²) >= 11 is 0. The number of para-hydroxylation sites is 1. The summed E-state index contributed by atoms with van der Waals surface area (Å²) in [4.78, 5) is 56.9. The lowest BCUT2D eigenvalue weighted by molar-refractivity contribution is -0.138. The van der Waals surface area contributed by atoms with E-state index in [1.54, 1.807) is 31.2 Å². The van der Waals surface area contributed by atoms with Crippen LogP contribution in [0.15, 0.2) is 78.9 Å². The number of hydrogen-bond acceptors (Lipinski definition) is 6. The number of morpholine rings is 1. The van der Waals surface area contributed by atoms with E-state index in [0.717, 1.165) is 24.3 Å². The van der Waals surface area contributed by atoms with Crippen LogP contribution < -0.4 is 15.1 Å². The quantitative estimate of drug-likeness (QED) is 0.453. The highest BCUT2D eigenvalue weighted by molar-refractivity contribution is 6.52. The number of anilines is 3. The molecule has 2 aliphatic rings. The van der Waals surface area contributed by atoms with Crippen LogP contribution in [0.25, 0.3) is 0 Å². The number of ketones is 1. The van der Waals surface area contributed by atoms with E-state index < -0.39 is 23.6 Å². The van der Waals surface area contributed by atoms with Crippen LogP contribution in [0.4, 0.5) is 17.1 Å². The number of fused-ring (bicyclic) bond motifs is 1. The predicted octanol–water partition coefficient (Wildman–Crippen LogP) is 3.11. The predicted molar refractivity (Wildman–Crippen MR) is 148 cm³/mol. The lowest BCUT2D eigenvalue weighted by Crippen LogP contribution is -2.49. The molecular weight excluding hydrogens is 496 g/mol. The normalized spacial score (nSPS) is 15.6.